The Bertz CT molecular complexity index is 347. The molecule has 4 nitrogen and oxygen atoms in total. The molecule has 3 atom stereocenters. The van der Waals surface area contributed by atoms with E-state index in [0.717, 1.165) is 25.9 Å². The zero-order chi connectivity index (χ0) is 14.8. The fourth-order valence-corrected chi connectivity index (χ4v) is 3.89. The summed E-state index contributed by atoms with van der Waals surface area (Å²) in [6.07, 6.45) is 5.63. The lowest BCUT2D eigenvalue weighted by molar-refractivity contribution is -0.150. The van der Waals surface area contributed by atoms with Gasteiger partial charge in [0.15, 0.2) is 0 Å². The zero-order valence-electron chi connectivity index (χ0n) is 13.3. The summed E-state index contributed by atoms with van der Waals surface area (Å²) in [6, 6.07) is 1.12. The molecule has 2 rings (SSSR count). The summed E-state index contributed by atoms with van der Waals surface area (Å²) < 4.78 is 0. The number of carbonyl (C=O) groups is 1. The van der Waals surface area contributed by atoms with Gasteiger partial charge in [0.1, 0.15) is 0 Å². The standard InChI is InChI=1S/C16H30N2O2/c1-4-8-16(3,15(19)20)12-18-11-14-7-5-6-9-17(14)10-13(18)2/h13-14H,4-12H2,1-3H3,(H,19,20). The molecular weight excluding hydrogens is 252 g/mol. The van der Waals surface area contributed by atoms with Crippen molar-refractivity contribution in [2.24, 2.45) is 5.41 Å². The molecule has 2 fully saturated rings. The first-order valence-corrected chi connectivity index (χ1v) is 8.18. The van der Waals surface area contributed by atoms with E-state index in [1.165, 1.54) is 25.8 Å². The summed E-state index contributed by atoms with van der Waals surface area (Å²) in [5, 5.41) is 9.58. The van der Waals surface area contributed by atoms with E-state index < -0.39 is 11.4 Å². The van der Waals surface area contributed by atoms with Crippen LogP contribution < -0.4 is 0 Å². The lowest BCUT2D eigenvalue weighted by Gasteiger charge is -2.49. The highest BCUT2D eigenvalue weighted by atomic mass is 16.4. The van der Waals surface area contributed by atoms with Crippen LogP contribution in [-0.2, 0) is 4.79 Å². The fraction of sp³-hybridized carbons (Fsp3) is 0.938. The maximum Gasteiger partial charge on any atom is 0.310 e. The second-order valence-corrected chi connectivity index (χ2v) is 7.04. The molecule has 2 saturated heterocycles. The Kier molecular flexibility index (Phi) is 5.08. The minimum absolute atomic E-state index is 0.472. The summed E-state index contributed by atoms with van der Waals surface area (Å²) in [6.45, 7) is 10.3. The van der Waals surface area contributed by atoms with Crippen molar-refractivity contribution in [1.29, 1.82) is 0 Å². The Balaban J connectivity index is 2.02. The molecule has 0 aromatic carbocycles. The third-order valence-corrected chi connectivity index (χ3v) is 5.19. The first-order valence-electron chi connectivity index (χ1n) is 8.18. The lowest BCUT2D eigenvalue weighted by atomic mass is 9.84. The number of carboxylic acids is 1. The Morgan fingerprint density at radius 2 is 2.10 bits per heavy atom. The number of hydrogen-bond donors (Lipinski definition) is 1. The number of carboxylic acid groups (broad SMARTS) is 1. The molecule has 20 heavy (non-hydrogen) atoms. The molecule has 116 valence electrons. The van der Waals surface area contributed by atoms with Gasteiger partial charge in [0.2, 0.25) is 0 Å². The lowest BCUT2D eigenvalue weighted by Crippen LogP contribution is -2.60. The highest BCUT2D eigenvalue weighted by Crippen LogP contribution is 2.30. The Morgan fingerprint density at radius 1 is 1.35 bits per heavy atom. The van der Waals surface area contributed by atoms with E-state index in [1.807, 2.05) is 6.92 Å². The molecule has 2 heterocycles. The molecule has 0 radical (unpaired) electrons. The van der Waals surface area contributed by atoms with Gasteiger partial charge >= 0.3 is 5.97 Å². The number of aliphatic carboxylic acids is 1. The van der Waals surface area contributed by atoms with Crippen LogP contribution in [0.1, 0.15) is 52.9 Å². The average molecular weight is 282 g/mol. The van der Waals surface area contributed by atoms with Crippen LogP contribution in [0.3, 0.4) is 0 Å². The van der Waals surface area contributed by atoms with Crippen molar-refractivity contribution < 1.29 is 9.90 Å². The summed E-state index contributed by atoms with van der Waals surface area (Å²) in [7, 11) is 0. The molecule has 0 saturated carbocycles. The number of hydrogen-bond acceptors (Lipinski definition) is 3. The van der Waals surface area contributed by atoms with Crippen LogP contribution in [0.25, 0.3) is 0 Å². The van der Waals surface area contributed by atoms with Gasteiger partial charge in [-0.1, -0.05) is 19.8 Å². The van der Waals surface area contributed by atoms with Crippen molar-refractivity contribution in [2.45, 2.75) is 65.0 Å². The first kappa shape index (κ1) is 15.8. The van der Waals surface area contributed by atoms with Crippen LogP contribution in [0.2, 0.25) is 0 Å². The highest BCUT2D eigenvalue weighted by molar-refractivity contribution is 5.74. The quantitative estimate of drug-likeness (QED) is 0.841. The van der Waals surface area contributed by atoms with E-state index in [4.69, 9.17) is 0 Å². The van der Waals surface area contributed by atoms with Gasteiger partial charge in [-0.3, -0.25) is 14.6 Å². The molecule has 3 unspecified atom stereocenters. The van der Waals surface area contributed by atoms with Gasteiger partial charge in [-0.05, 0) is 39.7 Å². The summed E-state index contributed by atoms with van der Waals surface area (Å²) in [5.41, 5.74) is -0.597. The van der Waals surface area contributed by atoms with Crippen molar-refractivity contribution in [2.75, 3.05) is 26.2 Å². The van der Waals surface area contributed by atoms with Gasteiger partial charge in [-0.2, -0.15) is 0 Å². The van der Waals surface area contributed by atoms with Crippen molar-refractivity contribution in [1.82, 2.24) is 9.80 Å². The van der Waals surface area contributed by atoms with E-state index in [2.05, 4.69) is 23.6 Å². The molecule has 0 bridgehead atoms. The normalized spacial score (nSPS) is 31.6. The maximum atomic E-state index is 11.6. The fourth-order valence-electron chi connectivity index (χ4n) is 3.89. The smallest absolute Gasteiger partial charge is 0.310 e. The Hall–Kier alpha value is -0.610. The zero-order valence-corrected chi connectivity index (χ0v) is 13.3. The number of fused-ring (bicyclic) bond motifs is 1. The SMILES string of the molecule is CCCC(C)(CN1CC2CCCCN2CC1C)C(=O)O. The number of piperidine rings is 1. The monoisotopic (exact) mass is 282 g/mol. The van der Waals surface area contributed by atoms with Crippen LogP contribution in [0.15, 0.2) is 0 Å². The molecule has 4 heteroatoms. The Labute approximate surface area is 123 Å². The van der Waals surface area contributed by atoms with Gasteiger partial charge in [0.05, 0.1) is 5.41 Å². The molecule has 0 aliphatic carbocycles. The van der Waals surface area contributed by atoms with E-state index in [9.17, 15) is 9.90 Å². The summed E-state index contributed by atoms with van der Waals surface area (Å²) in [5.74, 6) is -0.641. The minimum Gasteiger partial charge on any atom is -0.481 e. The molecular formula is C16H30N2O2. The maximum absolute atomic E-state index is 11.6. The van der Waals surface area contributed by atoms with Gasteiger partial charge in [0, 0.05) is 31.7 Å². The molecule has 2 aliphatic rings. The van der Waals surface area contributed by atoms with Gasteiger partial charge in [0.25, 0.3) is 0 Å². The predicted molar refractivity (Wildman–Crippen MR) is 80.9 cm³/mol. The third-order valence-electron chi connectivity index (χ3n) is 5.19. The van der Waals surface area contributed by atoms with Crippen LogP contribution in [0, 0.1) is 5.41 Å². The molecule has 2 aliphatic heterocycles. The van der Waals surface area contributed by atoms with E-state index in [0.29, 0.717) is 18.6 Å². The Morgan fingerprint density at radius 3 is 2.75 bits per heavy atom. The third kappa shape index (κ3) is 3.34. The first-order chi connectivity index (χ1) is 9.46. The second-order valence-electron chi connectivity index (χ2n) is 7.04. The molecule has 0 amide bonds. The topological polar surface area (TPSA) is 43.8 Å². The molecule has 0 spiro atoms. The molecule has 1 N–H and O–H groups in total. The number of nitrogens with zero attached hydrogens (tertiary/aromatic N) is 2. The van der Waals surface area contributed by atoms with Crippen LogP contribution in [0.4, 0.5) is 0 Å². The van der Waals surface area contributed by atoms with E-state index >= 15 is 0 Å². The predicted octanol–water partition coefficient (Wildman–Crippen LogP) is 2.44. The molecule has 0 aromatic rings. The largest absolute Gasteiger partial charge is 0.481 e. The van der Waals surface area contributed by atoms with Gasteiger partial charge < -0.3 is 5.11 Å². The average Bonchev–Trinajstić information content (AvgIpc) is 2.39. The van der Waals surface area contributed by atoms with Gasteiger partial charge in [-0.15, -0.1) is 0 Å². The van der Waals surface area contributed by atoms with E-state index in [1.54, 1.807) is 0 Å². The van der Waals surface area contributed by atoms with Crippen molar-refractivity contribution in [3.8, 4) is 0 Å². The summed E-state index contributed by atoms with van der Waals surface area (Å²) in [4.78, 5) is 16.7. The summed E-state index contributed by atoms with van der Waals surface area (Å²) >= 11 is 0. The molecule has 0 aromatic heterocycles. The van der Waals surface area contributed by atoms with Crippen LogP contribution in [0.5, 0.6) is 0 Å². The highest BCUT2D eigenvalue weighted by Gasteiger charge is 2.39. The van der Waals surface area contributed by atoms with E-state index in [-0.39, 0.29) is 0 Å². The van der Waals surface area contributed by atoms with Crippen molar-refractivity contribution >= 4 is 5.97 Å². The minimum atomic E-state index is -0.641. The number of piperazine rings is 1. The van der Waals surface area contributed by atoms with Crippen molar-refractivity contribution in [3.05, 3.63) is 0 Å². The van der Waals surface area contributed by atoms with Crippen molar-refractivity contribution in [3.63, 3.8) is 0 Å². The van der Waals surface area contributed by atoms with Crippen LogP contribution >= 0.6 is 0 Å². The van der Waals surface area contributed by atoms with Gasteiger partial charge in [-0.25, -0.2) is 0 Å². The van der Waals surface area contributed by atoms with Crippen LogP contribution in [-0.4, -0.2) is 59.1 Å². The number of rotatable bonds is 5. The second kappa shape index (κ2) is 6.44.